The number of hydrogen-bond donors (Lipinski definition) is 0. The van der Waals surface area contributed by atoms with E-state index in [1.54, 1.807) is 4.68 Å². The molecule has 8 heteroatoms. The van der Waals surface area contributed by atoms with E-state index in [9.17, 15) is 13.2 Å². The maximum Gasteiger partial charge on any atom is 0.393 e. The Kier molecular flexibility index (Phi) is 4.64. The molecule has 2 aromatic rings. The minimum atomic E-state index is -4.14. The molecule has 2 aliphatic rings. The largest absolute Gasteiger partial charge is 0.393 e. The second-order valence-electron chi connectivity index (χ2n) is 7.18. The summed E-state index contributed by atoms with van der Waals surface area (Å²) in [5.41, 5.74) is 0.956. The summed E-state index contributed by atoms with van der Waals surface area (Å²) in [6.45, 7) is 0.971. The van der Waals surface area contributed by atoms with Crippen molar-refractivity contribution in [3.05, 3.63) is 40.9 Å². The number of rotatable bonds is 4. The van der Waals surface area contributed by atoms with Gasteiger partial charge >= 0.3 is 6.18 Å². The summed E-state index contributed by atoms with van der Waals surface area (Å²) < 4.78 is 43.4. The topological polar surface area (TPSA) is 26.0 Å². The molecular formula is C18H21F3N4S. The lowest BCUT2D eigenvalue weighted by atomic mass is 9.98. The number of piperidine rings is 1. The second-order valence-corrected chi connectivity index (χ2v) is 7.55. The van der Waals surface area contributed by atoms with Crippen LogP contribution in [0.4, 0.5) is 13.2 Å². The zero-order valence-corrected chi connectivity index (χ0v) is 15.1. The molecule has 1 saturated carbocycles. The average Bonchev–Trinajstić information content (AvgIpc) is 3.41. The summed E-state index contributed by atoms with van der Waals surface area (Å²) in [5, 5.41) is 4.68. The van der Waals surface area contributed by atoms with Crippen molar-refractivity contribution in [1.29, 1.82) is 0 Å². The molecular weight excluding hydrogens is 361 g/mol. The van der Waals surface area contributed by atoms with Gasteiger partial charge in [0.05, 0.1) is 12.6 Å². The van der Waals surface area contributed by atoms with E-state index >= 15 is 0 Å². The van der Waals surface area contributed by atoms with Crippen LogP contribution in [0.15, 0.2) is 30.3 Å². The molecule has 140 valence electrons. The van der Waals surface area contributed by atoms with E-state index in [2.05, 4.69) is 5.10 Å². The molecule has 0 unspecified atom stereocenters. The van der Waals surface area contributed by atoms with Crippen molar-refractivity contribution < 1.29 is 13.2 Å². The van der Waals surface area contributed by atoms with Gasteiger partial charge in [0.15, 0.2) is 0 Å². The molecule has 1 aliphatic heterocycles. The second kappa shape index (κ2) is 6.81. The first-order valence-electron chi connectivity index (χ1n) is 8.98. The smallest absolute Gasteiger partial charge is 0.284 e. The van der Waals surface area contributed by atoms with Crippen molar-refractivity contribution in [1.82, 2.24) is 19.2 Å². The summed E-state index contributed by atoms with van der Waals surface area (Å²) in [6, 6.07) is 9.80. The zero-order valence-electron chi connectivity index (χ0n) is 14.3. The molecule has 26 heavy (non-hydrogen) atoms. The van der Waals surface area contributed by atoms with Crippen molar-refractivity contribution in [2.75, 3.05) is 13.1 Å². The van der Waals surface area contributed by atoms with E-state index in [0.717, 1.165) is 24.4 Å². The van der Waals surface area contributed by atoms with Crippen LogP contribution in [0.2, 0.25) is 0 Å². The number of alkyl halides is 3. The fourth-order valence-corrected chi connectivity index (χ4v) is 3.88. The van der Waals surface area contributed by atoms with Gasteiger partial charge in [-0.3, -0.25) is 9.47 Å². The number of aromatic nitrogens is 3. The Balaban J connectivity index is 1.61. The third-order valence-electron chi connectivity index (χ3n) is 5.12. The molecule has 4 nitrogen and oxygen atoms in total. The lowest BCUT2D eigenvalue weighted by Crippen LogP contribution is -2.42. The van der Waals surface area contributed by atoms with Gasteiger partial charge in [0.25, 0.3) is 0 Å². The minimum Gasteiger partial charge on any atom is -0.284 e. The van der Waals surface area contributed by atoms with E-state index in [4.69, 9.17) is 12.2 Å². The Morgan fingerprint density at radius 1 is 1.12 bits per heavy atom. The maximum atomic E-state index is 13.1. The highest BCUT2D eigenvalue weighted by atomic mass is 32.1. The summed E-state index contributed by atoms with van der Waals surface area (Å²) in [7, 11) is 0. The van der Waals surface area contributed by atoms with E-state index in [1.807, 2.05) is 39.8 Å². The molecule has 1 aromatic carbocycles. The van der Waals surface area contributed by atoms with Gasteiger partial charge in [0.1, 0.15) is 5.82 Å². The molecule has 2 fully saturated rings. The number of para-hydroxylation sites is 1. The maximum absolute atomic E-state index is 13.1. The number of nitrogens with zero attached hydrogens (tertiary/aromatic N) is 4. The van der Waals surface area contributed by atoms with Gasteiger partial charge in [-0.15, -0.1) is 0 Å². The molecule has 0 radical (unpaired) electrons. The molecule has 2 heterocycles. The van der Waals surface area contributed by atoms with Gasteiger partial charge in [-0.05, 0) is 56.6 Å². The molecule has 0 N–H and O–H groups in total. The Hall–Kier alpha value is -1.67. The third kappa shape index (κ3) is 3.57. The predicted octanol–water partition coefficient (Wildman–Crippen LogP) is 4.51. The number of hydrogen-bond acceptors (Lipinski definition) is 3. The first kappa shape index (κ1) is 17.7. The van der Waals surface area contributed by atoms with E-state index in [0.29, 0.717) is 30.3 Å². The Bertz CT molecular complexity index is 823. The van der Waals surface area contributed by atoms with Crippen LogP contribution in [0.5, 0.6) is 0 Å². The van der Waals surface area contributed by atoms with Crippen molar-refractivity contribution in [2.24, 2.45) is 5.92 Å². The van der Waals surface area contributed by atoms with Crippen LogP contribution in [0.1, 0.15) is 37.4 Å². The van der Waals surface area contributed by atoms with Crippen LogP contribution in [0.3, 0.4) is 0 Å². The van der Waals surface area contributed by atoms with Gasteiger partial charge in [-0.1, -0.05) is 18.2 Å². The fraction of sp³-hybridized carbons (Fsp3) is 0.556. The molecule has 0 spiro atoms. The first-order valence-corrected chi connectivity index (χ1v) is 9.38. The summed E-state index contributed by atoms with van der Waals surface area (Å²) in [4.78, 5) is 1.82. The molecule has 1 saturated heterocycles. The van der Waals surface area contributed by atoms with Gasteiger partial charge < -0.3 is 0 Å². The van der Waals surface area contributed by atoms with E-state index < -0.39 is 12.1 Å². The van der Waals surface area contributed by atoms with Crippen LogP contribution >= 0.6 is 12.2 Å². The zero-order chi connectivity index (χ0) is 18.3. The Morgan fingerprint density at radius 3 is 2.50 bits per heavy atom. The predicted molar refractivity (Wildman–Crippen MR) is 94.7 cm³/mol. The summed E-state index contributed by atoms with van der Waals surface area (Å²) >= 11 is 5.63. The molecule has 1 atom stereocenters. The lowest BCUT2D eigenvalue weighted by Gasteiger charge is -2.33. The number of halogens is 3. The van der Waals surface area contributed by atoms with E-state index in [1.165, 1.54) is 0 Å². The number of benzene rings is 1. The van der Waals surface area contributed by atoms with Crippen LogP contribution in [0, 0.1) is 10.7 Å². The van der Waals surface area contributed by atoms with Crippen molar-refractivity contribution in [3.63, 3.8) is 0 Å². The third-order valence-corrected chi connectivity index (χ3v) is 5.52. The summed E-state index contributed by atoms with van der Waals surface area (Å²) in [6.07, 6.45) is -1.22. The lowest BCUT2D eigenvalue weighted by molar-refractivity contribution is -0.188. The van der Waals surface area contributed by atoms with Crippen LogP contribution in [-0.2, 0) is 6.67 Å². The fourth-order valence-electron chi connectivity index (χ4n) is 3.58. The molecule has 0 bridgehead atoms. The molecule has 4 rings (SSSR count). The SMILES string of the molecule is FC(F)(F)[C@@H]1CCCN(Cn2nc(C3CC3)n(-c3ccccc3)c2=S)C1. The standard InChI is InChI=1S/C18H21F3N4S/c19-18(20,21)14-5-4-10-23(11-14)12-24-17(26)25(15-6-2-1-3-7-15)16(22-24)13-8-9-13/h1-3,6-7,13-14H,4-5,8-12H2/t14-/m1/s1. The normalized spacial score (nSPS) is 21.9. The van der Waals surface area contributed by atoms with Gasteiger partial charge in [-0.2, -0.15) is 18.3 Å². The summed E-state index contributed by atoms with van der Waals surface area (Å²) in [5.74, 6) is 0.0533. The number of likely N-dealkylation sites (tertiary alicyclic amines) is 1. The highest BCUT2D eigenvalue weighted by Crippen LogP contribution is 2.40. The van der Waals surface area contributed by atoms with Crippen LogP contribution in [0.25, 0.3) is 5.69 Å². The van der Waals surface area contributed by atoms with E-state index in [-0.39, 0.29) is 13.0 Å². The first-order chi connectivity index (χ1) is 12.4. The molecule has 1 aliphatic carbocycles. The average molecular weight is 382 g/mol. The highest BCUT2D eigenvalue weighted by Gasteiger charge is 2.42. The Labute approximate surface area is 155 Å². The molecule has 1 aromatic heterocycles. The van der Waals surface area contributed by atoms with Gasteiger partial charge in [0, 0.05) is 18.2 Å². The van der Waals surface area contributed by atoms with Crippen LogP contribution < -0.4 is 0 Å². The van der Waals surface area contributed by atoms with Gasteiger partial charge in [0.2, 0.25) is 4.77 Å². The Morgan fingerprint density at radius 2 is 1.85 bits per heavy atom. The van der Waals surface area contributed by atoms with Crippen molar-refractivity contribution in [3.8, 4) is 5.69 Å². The van der Waals surface area contributed by atoms with Crippen molar-refractivity contribution >= 4 is 12.2 Å². The van der Waals surface area contributed by atoms with Gasteiger partial charge in [-0.25, -0.2) is 4.68 Å². The molecule has 0 amide bonds. The minimum absolute atomic E-state index is 0.0161. The quantitative estimate of drug-likeness (QED) is 0.728. The van der Waals surface area contributed by atoms with Crippen molar-refractivity contribution in [2.45, 2.75) is 44.4 Å². The van der Waals surface area contributed by atoms with Crippen LogP contribution in [-0.4, -0.2) is 38.5 Å². The highest BCUT2D eigenvalue weighted by molar-refractivity contribution is 7.71. The monoisotopic (exact) mass is 382 g/mol.